The first-order chi connectivity index (χ1) is 16.8. The Bertz CT molecular complexity index is 1230. The normalized spacial score (nSPS) is 15.0. The van der Waals surface area contributed by atoms with Crippen molar-refractivity contribution in [3.05, 3.63) is 88.2 Å². The number of benzene rings is 2. The number of aliphatic hydroxyl groups is 1. The van der Waals surface area contributed by atoms with Crippen LogP contribution in [-0.4, -0.2) is 15.7 Å². The molecular weight excluding hydrogens is 426 g/mol. The summed E-state index contributed by atoms with van der Waals surface area (Å²) in [6, 6.07) is 18.0. The van der Waals surface area contributed by atoms with Crippen molar-refractivity contribution in [2.75, 3.05) is 0 Å². The second-order valence-corrected chi connectivity index (χ2v) is 10.2. The summed E-state index contributed by atoms with van der Waals surface area (Å²) in [6.07, 6.45) is 8.73. The first-order valence-electron chi connectivity index (χ1n) is 13.3. The van der Waals surface area contributed by atoms with Crippen LogP contribution < -0.4 is 0 Å². The van der Waals surface area contributed by atoms with Crippen molar-refractivity contribution < 1.29 is 5.11 Å². The molecular formula is C33H39NO. The van der Waals surface area contributed by atoms with E-state index >= 15 is 0 Å². The zero-order valence-corrected chi connectivity index (χ0v) is 22.0. The summed E-state index contributed by atoms with van der Waals surface area (Å²) in [4.78, 5) is 4.60. The Kier molecular flexibility index (Phi) is 7.48. The van der Waals surface area contributed by atoms with Crippen LogP contribution in [0.15, 0.2) is 54.7 Å². The molecule has 1 N–H and O–H groups in total. The third-order valence-corrected chi connectivity index (χ3v) is 8.12. The maximum Gasteiger partial charge on any atom is 0.125 e. The molecule has 0 bridgehead atoms. The minimum Gasteiger partial charge on any atom is -0.378 e. The van der Waals surface area contributed by atoms with Crippen molar-refractivity contribution in [2.24, 2.45) is 0 Å². The predicted molar refractivity (Wildman–Crippen MR) is 147 cm³/mol. The average Bonchev–Trinajstić information content (AvgIpc) is 3.31. The SMILES string of the molecule is CCc1ccc(-c2ccc(C(CC)(CC)c3ccc(C#CC4(O)CCCC4)c(C)c3)cc2C)cn1. The van der Waals surface area contributed by atoms with Crippen molar-refractivity contribution in [3.63, 3.8) is 0 Å². The van der Waals surface area contributed by atoms with Gasteiger partial charge in [0.25, 0.3) is 0 Å². The largest absolute Gasteiger partial charge is 0.378 e. The lowest BCUT2D eigenvalue weighted by atomic mass is 9.69. The van der Waals surface area contributed by atoms with E-state index in [4.69, 9.17) is 0 Å². The highest BCUT2D eigenvalue weighted by Crippen LogP contribution is 2.41. The average molecular weight is 466 g/mol. The van der Waals surface area contributed by atoms with Crippen LogP contribution in [0.1, 0.15) is 92.8 Å². The van der Waals surface area contributed by atoms with Gasteiger partial charge in [-0.2, -0.15) is 0 Å². The highest BCUT2D eigenvalue weighted by Gasteiger charge is 2.32. The third kappa shape index (κ3) is 5.07. The van der Waals surface area contributed by atoms with Gasteiger partial charge in [0.15, 0.2) is 0 Å². The smallest absolute Gasteiger partial charge is 0.125 e. The molecule has 2 aromatic carbocycles. The van der Waals surface area contributed by atoms with E-state index in [2.05, 4.69) is 100.0 Å². The van der Waals surface area contributed by atoms with Crippen molar-refractivity contribution in [1.29, 1.82) is 0 Å². The van der Waals surface area contributed by atoms with Gasteiger partial charge in [-0.25, -0.2) is 0 Å². The van der Waals surface area contributed by atoms with Gasteiger partial charge in [0.1, 0.15) is 5.60 Å². The summed E-state index contributed by atoms with van der Waals surface area (Å²) in [6.45, 7) is 11.1. The van der Waals surface area contributed by atoms with Crippen molar-refractivity contribution in [1.82, 2.24) is 4.98 Å². The standard InChI is InChI=1S/C33H39NO/c1-6-30-15-12-27(23-34-30)31-16-14-29(22-25(31)5)33(7-2,8-3)28-13-11-26(24(4)21-28)17-20-32(35)18-9-10-19-32/h11-16,21-23,35H,6-10,18-19H2,1-5H3. The van der Waals surface area contributed by atoms with Crippen LogP contribution in [0.3, 0.4) is 0 Å². The maximum absolute atomic E-state index is 10.6. The summed E-state index contributed by atoms with van der Waals surface area (Å²) < 4.78 is 0. The van der Waals surface area contributed by atoms with E-state index < -0.39 is 5.60 Å². The van der Waals surface area contributed by atoms with Crippen LogP contribution >= 0.6 is 0 Å². The number of hydrogen-bond acceptors (Lipinski definition) is 2. The predicted octanol–water partition coefficient (Wildman–Crippen LogP) is 7.69. The van der Waals surface area contributed by atoms with Crippen LogP contribution in [0.25, 0.3) is 11.1 Å². The van der Waals surface area contributed by atoms with Crippen LogP contribution in [0.5, 0.6) is 0 Å². The molecule has 0 unspecified atom stereocenters. The Morgan fingerprint density at radius 3 is 2.09 bits per heavy atom. The molecule has 0 radical (unpaired) electrons. The molecule has 2 nitrogen and oxygen atoms in total. The molecule has 3 aromatic rings. The van der Waals surface area contributed by atoms with E-state index in [1.807, 2.05) is 6.20 Å². The van der Waals surface area contributed by atoms with Gasteiger partial charge in [0, 0.05) is 28.4 Å². The third-order valence-electron chi connectivity index (χ3n) is 8.12. The number of pyridine rings is 1. The molecule has 1 fully saturated rings. The lowest BCUT2D eigenvalue weighted by Crippen LogP contribution is -2.26. The van der Waals surface area contributed by atoms with E-state index in [1.54, 1.807) is 0 Å². The molecule has 2 heteroatoms. The summed E-state index contributed by atoms with van der Waals surface area (Å²) >= 11 is 0. The summed E-state index contributed by atoms with van der Waals surface area (Å²) in [5.41, 5.74) is 8.88. The number of aryl methyl sites for hydroxylation is 3. The zero-order chi connectivity index (χ0) is 25.1. The fourth-order valence-corrected chi connectivity index (χ4v) is 5.68. The van der Waals surface area contributed by atoms with E-state index in [0.29, 0.717) is 0 Å². The summed E-state index contributed by atoms with van der Waals surface area (Å²) in [5, 5.41) is 10.6. The minimum atomic E-state index is -0.798. The van der Waals surface area contributed by atoms with Crippen molar-refractivity contribution in [2.45, 2.75) is 90.6 Å². The molecule has 1 aromatic heterocycles. The molecule has 35 heavy (non-hydrogen) atoms. The van der Waals surface area contributed by atoms with Crippen molar-refractivity contribution in [3.8, 4) is 23.0 Å². The highest BCUT2D eigenvalue weighted by atomic mass is 16.3. The van der Waals surface area contributed by atoms with Gasteiger partial charge < -0.3 is 5.11 Å². The Balaban J connectivity index is 1.68. The van der Waals surface area contributed by atoms with E-state index in [-0.39, 0.29) is 5.41 Å². The maximum atomic E-state index is 10.6. The number of hydrogen-bond donors (Lipinski definition) is 1. The number of rotatable bonds is 6. The van der Waals surface area contributed by atoms with Gasteiger partial charge in [-0.15, -0.1) is 0 Å². The molecule has 182 valence electrons. The Hall–Kier alpha value is -2.89. The second kappa shape index (κ2) is 10.4. The summed E-state index contributed by atoms with van der Waals surface area (Å²) in [7, 11) is 0. The molecule has 0 aliphatic heterocycles. The van der Waals surface area contributed by atoms with Crippen LogP contribution in [0.4, 0.5) is 0 Å². The minimum absolute atomic E-state index is 0.0476. The number of nitrogens with zero attached hydrogens (tertiary/aromatic N) is 1. The van der Waals surface area contributed by atoms with Gasteiger partial charge in [-0.3, -0.25) is 4.98 Å². The van der Waals surface area contributed by atoms with E-state index in [9.17, 15) is 5.11 Å². The molecule has 0 atom stereocenters. The first-order valence-corrected chi connectivity index (χ1v) is 13.3. The van der Waals surface area contributed by atoms with Crippen LogP contribution in [-0.2, 0) is 11.8 Å². The topological polar surface area (TPSA) is 33.1 Å². The van der Waals surface area contributed by atoms with Crippen molar-refractivity contribution >= 4 is 0 Å². The van der Waals surface area contributed by atoms with Crippen LogP contribution in [0.2, 0.25) is 0 Å². The molecule has 0 spiro atoms. The number of aromatic nitrogens is 1. The van der Waals surface area contributed by atoms with Gasteiger partial charge in [-0.1, -0.05) is 69.0 Å². The Labute approximate surface area is 211 Å². The molecule has 4 rings (SSSR count). The van der Waals surface area contributed by atoms with Gasteiger partial charge in [0.05, 0.1) is 0 Å². The Morgan fingerprint density at radius 2 is 1.54 bits per heavy atom. The first kappa shape index (κ1) is 25.2. The van der Waals surface area contributed by atoms with E-state index in [1.165, 1.54) is 33.4 Å². The van der Waals surface area contributed by atoms with Gasteiger partial charge in [-0.05, 0) is 98.7 Å². The van der Waals surface area contributed by atoms with Gasteiger partial charge >= 0.3 is 0 Å². The molecule has 1 aliphatic rings. The zero-order valence-electron chi connectivity index (χ0n) is 22.0. The molecule has 0 amide bonds. The highest BCUT2D eigenvalue weighted by molar-refractivity contribution is 5.67. The molecule has 1 saturated carbocycles. The molecule has 1 heterocycles. The van der Waals surface area contributed by atoms with E-state index in [0.717, 1.165) is 56.2 Å². The fourth-order valence-electron chi connectivity index (χ4n) is 5.68. The Morgan fingerprint density at radius 1 is 0.886 bits per heavy atom. The fraction of sp³-hybridized carbons (Fsp3) is 0.424. The lowest BCUT2D eigenvalue weighted by molar-refractivity contribution is 0.110. The second-order valence-electron chi connectivity index (χ2n) is 10.2. The quantitative estimate of drug-likeness (QED) is 0.379. The molecule has 0 saturated heterocycles. The lowest BCUT2D eigenvalue weighted by Gasteiger charge is -2.34. The van der Waals surface area contributed by atoms with Gasteiger partial charge in [0.2, 0.25) is 0 Å². The summed E-state index contributed by atoms with van der Waals surface area (Å²) in [5.74, 6) is 6.46. The molecule has 1 aliphatic carbocycles. The monoisotopic (exact) mass is 465 g/mol. The van der Waals surface area contributed by atoms with Crippen LogP contribution in [0, 0.1) is 25.7 Å².